The molecular formula is C12H18N2O2S. The van der Waals surface area contributed by atoms with Gasteiger partial charge in [-0.15, -0.1) is 11.3 Å². The van der Waals surface area contributed by atoms with Crippen molar-refractivity contribution >= 4 is 27.8 Å². The number of anilines is 2. The Bertz CT molecular complexity index is 420. The lowest BCUT2D eigenvalue weighted by Crippen LogP contribution is -2.45. The van der Waals surface area contributed by atoms with Crippen LogP contribution in [0.4, 0.5) is 10.7 Å². The third-order valence-corrected chi connectivity index (χ3v) is 4.11. The van der Waals surface area contributed by atoms with Crippen LogP contribution in [0.1, 0.15) is 30.4 Å². The number of carbonyl (C=O) groups excluding carboxylic acids is 1. The summed E-state index contributed by atoms with van der Waals surface area (Å²) in [5.41, 5.74) is 6.44. The zero-order chi connectivity index (χ0) is 12.6. The van der Waals surface area contributed by atoms with Gasteiger partial charge in [0.05, 0.1) is 27.8 Å². The molecule has 1 aliphatic heterocycles. The van der Waals surface area contributed by atoms with Crippen LogP contribution in [0, 0.1) is 0 Å². The molecule has 2 N–H and O–H groups in total. The van der Waals surface area contributed by atoms with Gasteiger partial charge in [-0.1, -0.05) is 0 Å². The number of carbonyl (C=O) groups is 1. The van der Waals surface area contributed by atoms with Gasteiger partial charge >= 0.3 is 0 Å². The molecule has 1 fully saturated rings. The second-order valence-corrected chi connectivity index (χ2v) is 5.62. The van der Waals surface area contributed by atoms with E-state index in [0.29, 0.717) is 10.6 Å². The highest BCUT2D eigenvalue weighted by Gasteiger charge is 2.24. The first-order chi connectivity index (χ1) is 7.97. The summed E-state index contributed by atoms with van der Waals surface area (Å²) in [6.07, 6.45) is 0.422. The number of Topliss-reactive ketones (excluding diaryl/α,β-unsaturated/α-hetero) is 1. The van der Waals surface area contributed by atoms with E-state index in [0.717, 1.165) is 18.1 Å². The van der Waals surface area contributed by atoms with E-state index in [4.69, 9.17) is 10.5 Å². The Labute approximate surface area is 105 Å². The monoisotopic (exact) mass is 254 g/mol. The van der Waals surface area contributed by atoms with Crippen LogP contribution < -0.4 is 10.6 Å². The van der Waals surface area contributed by atoms with Crippen molar-refractivity contribution in [1.29, 1.82) is 0 Å². The lowest BCUT2D eigenvalue weighted by Gasteiger charge is -2.35. The molecule has 0 bridgehead atoms. The fourth-order valence-electron chi connectivity index (χ4n) is 2.18. The highest BCUT2D eigenvalue weighted by molar-refractivity contribution is 7.18. The molecule has 2 atom stereocenters. The van der Waals surface area contributed by atoms with E-state index in [9.17, 15) is 4.79 Å². The summed E-state index contributed by atoms with van der Waals surface area (Å²) in [5, 5.41) is 1.06. The van der Waals surface area contributed by atoms with Crippen molar-refractivity contribution in [2.24, 2.45) is 0 Å². The molecule has 0 aromatic carbocycles. The predicted octanol–water partition coefficient (Wildman–Crippen LogP) is 2.15. The van der Waals surface area contributed by atoms with E-state index in [1.54, 1.807) is 6.92 Å². The normalized spacial score (nSPS) is 25.0. The molecule has 1 aliphatic rings. The molecule has 0 amide bonds. The summed E-state index contributed by atoms with van der Waals surface area (Å²) >= 11 is 1.47. The summed E-state index contributed by atoms with van der Waals surface area (Å²) < 4.78 is 5.69. The van der Waals surface area contributed by atoms with Gasteiger partial charge in [0.1, 0.15) is 0 Å². The van der Waals surface area contributed by atoms with Crippen LogP contribution in [0.3, 0.4) is 0 Å². The van der Waals surface area contributed by atoms with E-state index in [-0.39, 0.29) is 18.0 Å². The molecule has 1 aromatic rings. The average molecular weight is 254 g/mol. The van der Waals surface area contributed by atoms with Gasteiger partial charge < -0.3 is 15.4 Å². The number of rotatable bonds is 2. The van der Waals surface area contributed by atoms with Crippen molar-refractivity contribution in [1.82, 2.24) is 0 Å². The van der Waals surface area contributed by atoms with Gasteiger partial charge in [0.2, 0.25) is 0 Å². The third-order valence-electron chi connectivity index (χ3n) is 2.80. The number of hydrogen-bond donors (Lipinski definition) is 1. The Morgan fingerprint density at radius 1 is 1.47 bits per heavy atom. The highest BCUT2D eigenvalue weighted by atomic mass is 32.1. The van der Waals surface area contributed by atoms with Gasteiger partial charge in [-0.05, 0) is 19.9 Å². The second-order valence-electron chi connectivity index (χ2n) is 4.59. The first-order valence-electron chi connectivity index (χ1n) is 5.78. The van der Waals surface area contributed by atoms with Gasteiger partial charge in [0.15, 0.2) is 5.78 Å². The van der Waals surface area contributed by atoms with Gasteiger partial charge in [0, 0.05) is 20.0 Å². The molecule has 0 radical (unpaired) electrons. The predicted molar refractivity (Wildman–Crippen MR) is 71.0 cm³/mol. The minimum absolute atomic E-state index is 0.0353. The molecule has 2 rings (SSSR count). The van der Waals surface area contributed by atoms with Crippen LogP contribution in [0.5, 0.6) is 0 Å². The average Bonchev–Trinajstić information content (AvgIpc) is 2.59. The van der Waals surface area contributed by atoms with Crippen molar-refractivity contribution in [3.05, 3.63) is 10.9 Å². The second kappa shape index (κ2) is 4.66. The molecule has 17 heavy (non-hydrogen) atoms. The maximum absolute atomic E-state index is 11.4. The molecule has 5 heteroatoms. The minimum Gasteiger partial charge on any atom is -0.397 e. The summed E-state index contributed by atoms with van der Waals surface area (Å²) in [5.74, 6) is 0.0353. The first kappa shape index (κ1) is 12.4. The topological polar surface area (TPSA) is 55.6 Å². The van der Waals surface area contributed by atoms with E-state index in [1.165, 1.54) is 11.3 Å². The van der Waals surface area contributed by atoms with Gasteiger partial charge in [-0.2, -0.15) is 0 Å². The maximum atomic E-state index is 11.4. The van der Waals surface area contributed by atoms with Crippen LogP contribution in [-0.2, 0) is 4.74 Å². The quantitative estimate of drug-likeness (QED) is 0.822. The van der Waals surface area contributed by atoms with Crippen molar-refractivity contribution in [3.63, 3.8) is 0 Å². The van der Waals surface area contributed by atoms with E-state index < -0.39 is 0 Å². The fraction of sp³-hybridized carbons (Fsp3) is 0.583. The fourth-order valence-corrected chi connectivity index (χ4v) is 3.17. The Balaban J connectivity index is 2.22. The number of nitrogens with zero attached hydrogens (tertiary/aromatic N) is 1. The van der Waals surface area contributed by atoms with Crippen LogP contribution in [-0.4, -0.2) is 31.1 Å². The molecule has 2 heterocycles. The molecule has 4 nitrogen and oxygen atoms in total. The molecule has 1 saturated heterocycles. The number of ketones is 1. The first-order valence-corrected chi connectivity index (χ1v) is 6.59. The summed E-state index contributed by atoms with van der Waals surface area (Å²) in [7, 11) is 0. The number of nitrogens with two attached hydrogens (primary N) is 1. The van der Waals surface area contributed by atoms with Gasteiger partial charge in [-0.3, -0.25) is 4.79 Å². The van der Waals surface area contributed by atoms with E-state index in [1.807, 2.05) is 6.07 Å². The number of hydrogen-bond acceptors (Lipinski definition) is 5. The SMILES string of the molecule is CC(=O)c1sc(N2CC(C)OC(C)C2)cc1N. The standard InChI is InChI=1S/C12H18N2O2S/c1-7-5-14(6-8(2)16-7)11-4-10(13)12(17-11)9(3)15/h4,7-8H,5-6,13H2,1-3H3. The maximum Gasteiger partial charge on any atom is 0.171 e. The molecule has 0 spiro atoms. The minimum atomic E-state index is 0.0353. The molecule has 1 aromatic heterocycles. The van der Waals surface area contributed by atoms with Crippen molar-refractivity contribution in [2.45, 2.75) is 33.0 Å². The molecule has 2 unspecified atom stereocenters. The summed E-state index contributed by atoms with van der Waals surface area (Å²) in [6, 6.07) is 1.90. The molecule has 0 aliphatic carbocycles. The summed E-state index contributed by atoms with van der Waals surface area (Å²) in [6.45, 7) is 7.37. The summed E-state index contributed by atoms with van der Waals surface area (Å²) in [4.78, 5) is 14.3. The lowest BCUT2D eigenvalue weighted by molar-refractivity contribution is -0.00500. The number of morpholine rings is 1. The zero-order valence-electron chi connectivity index (χ0n) is 10.4. The number of nitrogen functional groups attached to an aromatic ring is 1. The third kappa shape index (κ3) is 2.61. The van der Waals surface area contributed by atoms with Crippen molar-refractivity contribution in [2.75, 3.05) is 23.7 Å². The molecule has 94 valence electrons. The molecular weight excluding hydrogens is 236 g/mol. The Morgan fingerprint density at radius 2 is 2.06 bits per heavy atom. The molecule has 0 saturated carbocycles. The number of thiophene rings is 1. The Kier molecular flexibility index (Phi) is 3.40. The number of ether oxygens (including phenoxy) is 1. The van der Waals surface area contributed by atoms with Gasteiger partial charge in [-0.25, -0.2) is 0 Å². The van der Waals surface area contributed by atoms with E-state index in [2.05, 4.69) is 18.7 Å². The van der Waals surface area contributed by atoms with Crippen LogP contribution in [0.25, 0.3) is 0 Å². The highest BCUT2D eigenvalue weighted by Crippen LogP contribution is 2.33. The smallest absolute Gasteiger partial charge is 0.171 e. The Hall–Kier alpha value is -1.07. The van der Waals surface area contributed by atoms with Crippen molar-refractivity contribution < 1.29 is 9.53 Å². The van der Waals surface area contributed by atoms with Crippen molar-refractivity contribution in [3.8, 4) is 0 Å². The van der Waals surface area contributed by atoms with E-state index >= 15 is 0 Å². The zero-order valence-corrected chi connectivity index (χ0v) is 11.2. The van der Waals surface area contributed by atoms with Crippen LogP contribution in [0.15, 0.2) is 6.07 Å². The lowest BCUT2D eigenvalue weighted by atomic mass is 10.2. The largest absolute Gasteiger partial charge is 0.397 e. The van der Waals surface area contributed by atoms with Crippen LogP contribution >= 0.6 is 11.3 Å². The van der Waals surface area contributed by atoms with Gasteiger partial charge in [0.25, 0.3) is 0 Å². The Morgan fingerprint density at radius 3 is 2.53 bits per heavy atom. The van der Waals surface area contributed by atoms with Crippen LogP contribution in [0.2, 0.25) is 0 Å².